The minimum atomic E-state index is 0.432. The number of aromatic nitrogens is 2. The molecule has 0 amide bonds. The number of benzene rings is 1. The number of thiol groups is 1. The number of imidazole rings is 1. The third-order valence-corrected chi connectivity index (χ3v) is 1.87. The number of hydrogen-bond acceptors (Lipinski definition) is 3. The van der Waals surface area contributed by atoms with Crippen LogP contribution in [0.25, 0.3) is 11.0 Å². The summed E-state index contributed by atoms with van der Waals surface area (Å²) in [5.41, 5.74) is 7.21. The molecule has 0 unspecified atom stereocenters. The second-order valence-electron chi connectivity index (χ2n) is 2.30. The van der Waals surface area contributed by atoms with Gasteiger partial charge >= 0.3 is 0 Å². The van der Waals surface area contributed by atoms with Crippen LogP contribution in [0.1, 0.15) is 0 Å². The fraction of sp³-hybridized carbons (Fsp3) is 0. The maximum atomic E-state index is 5.46. The molecule has 11 heavy (non-hydrogen) atoms. The fourth-order valence-electron chi connectivity index (χ4n) is 1.04. The van der Waals surface area contributed by atoms with Crippen molar-refractivity contribution in [1.29, 1.82) is 0 Å². The van der Waals surface area contributed by atoms with E-state index in [1.54, 1.807) is 0 Å². The Labute approximate surface area is 69.0 Å². The van der Waals surface area contributed by atoms with E-state index in [1.165, 1.54) is 0 Å². The number of fused-ring (bicyclic) bond motifs is 1. The van der Waals surface area contributed by atoms with Gasteiger partial charge in [-0.15, -0.1) is 12.6 Å². The second kappa shape index (κ2) is 2.17. The molecule has 56 valence electrons. The Morgan fingerprint density at radius 2 is 2.27 bits per heavy atom. The monoisotopic (exact) mass is 165 g/mol. The van der Waals surface area contributed by atoms with Gasteiger partial charge in [-0.05, 0) is 12.1 Å². The Bertz CT molecular complexity index is 393. The van der Waals surface area contributed by atoms with Gasteiger partial charge in [-0.2, -0.15) is 0 Å². The van der Waals surface area contributed by atoms with Gasteiger partial charge < -0.3 is 10.7 Å². The van der Waals surface area contributed by atoms with Gasteiger partial charge in [-0.25, -0.2) is 4.98 Å². The highest BCUT2D eigenvalue weighted by atomic mass is 32.1. The van der Waals surface area contributed by atoms with E-state index in [1.807, 2.05) is 18.2 Å². The molecule has 1 aromatic carbocycles. The van der Waals surface area contributed by atoms with E-state index in [2.05, 4.69) is 22.6 Å². The van der Waals surface area contributed by atoms with Crippen LogP contribution in [0.5, 0.6) is 0 Å². The van der Waals surface area contributed by atoms with E-state index in [0.717, 1.165) is 15.9 Å². The lowest BCUT2D eigenvalue weighted by Crippen LogP contribution is -1.84. The molecule has 3 N–H and O–H groups in total. The Morgan fingerprint density at radius 1 is 1.45 bits per heavy atom. The van der Waals surface area contributed by atoms with Gasteiger partial charge in [0.2, 0.25) is 0 Å². The number of rotatable bonds is 0. The Morgan fingerprint density at radius 3 is 3.00 bits per heavy atom. The second-order valence-corrected chi connectivity index (χ2v) is 2.78. The molecule has 1 heterocycles. The summed E-state index contributed by atoms with van der Waals surface area (Å²) in [6.07, 6.45) is 0. The summed E-state index contributed by atoms with van der Waals surface area (Å²) >= 11 is 4.23. The van der Waals surface area contributed by atoms with Crippen LogP contribution in [0, 0.1) is 0 Å². The summed E-state index contributed by atoms with van der Waals surface area (Å²) in [6, 6.07) is 5.70. The van der Waals surface area contributed by atoms with Crippen LogP contribution in [0.2, 0.25) is 0 Å². The van der Waals surface area contributed by atoms with Crippen molar-refractivity contribution in [3.63, 3.8) is 0 Å². The molecule has 2 rings (SSSR count). The maximum absolute atomic E-state index is 5.46. The van der Waals surface area contributed by atoms with Crippen LogP contribution in [0.15, 0.2) is 23.1 Å². The van der Waals surface area contributed by atoms with Crippen LogP contribution in [-0.4, -0.2) is 9.97 Å². The quantitative estimate of drug-likeness (QED) is 0.517. The van der Waals surface area contributed by atoms with Crippen molar-refractivity contribution in [1.82, 2.24) is 9.97 Å². The molecule has 0 bridgehead atoms. The van der Waals surface area contributed by atoms with E-state index in [9.17, 15) is 0 Å². The zero-order valence-corrected chi connectivity index (χ0v) is 6.60. The number of hydrogen-bond donors (Lipinski definition) is 3. The third-order valence-electron chi connectivity index (χ3n) is 1.51. The Kier molecular flexibility index (Phi) is 1.29. The van der Waals surface area contributed by atoms with Crippen molar-refractivity contribution >= 4 is 29.6 Å². The number of nitrogens with one attached hydrogen (secondary N) is 1. The van der Waals surface area contributed by atoms with E-state index >= 15 is 0 Å². The van der Waals surface area contributed by atoms with Crippen molar-refractivity contribution in [3.8, 4) is 0 Å². The molecule has 0 fully saturated rings. The summed E-state index contributed by atoms with van der Waals surface area (Å²) in [5, 5.41) is 0. The number of anilines is 1. The summed E-state index contributed by atoms with van der Waals surface area (Å²) in [7, 11) is 0. The largest absolute Gasteiger partial charge is 0.369 e. The summed E-state index contributed by atoms with van der Waals surface area (Å²) in [6.45, 7) is 0. The van der Waals surface area contributed by atoms with Crippen LogP contribution in [0.3, 0.4) is 0 Å². The molecular weight excluding hydrogens is 158 g/mol. The van der Waals surface area contributed by atoms with E-state index in [4.69, 9.17) is 5.73 Å². The topological polar surface area (TPSA) is 54.7 Å². The zero-order chi connectivity index (χ0) is 7.84. The number of nitrogens with two attached hydrogens (primary N) is 1. The van der Waals surface area contributed by atoms with Crippen molar-refractivity contribution < 1.29 is 0 Å². The molecule has 3 nitrogen and oxygen atoms in total. The fourth-order valence-corrected chi connectivity index (χ4v) is 1.29. The first kappa shape index (κ1) is 6.54. The molecule has 0 saturated carbocycles. The van der Waals surface area contributed by atoms with Gasteiger partial charge in [0.15, 0.2) is 5.95 Å². The molecule has 0 aliphatic rings. The summed E-state index contributed by atoms with van der Waals surface area (Å²) < 4.78 is 0. The summed E-state index contributed by atoms with van der Waals surface area (Å²) in [5.74, 6) is 0.432. The highest BCUT2D eigenvalue weighted by molar-refractivity contribution is 7.80. The molecule has 0 aliphatic heterocycles. The number of H-pyrrole nitrogens is 1. The Balaban J connectivity index is 2.90. The molecule has 0 radical (unpaired) electrons. The first-order valence-corrected chi connectivity index (χ1v) is 3.65. The normalized spacial score (nSPS) is 10.6. The average molecular weight is 165 g/mol. The van der Waals surface area contributed by atoms with E-state index in [-0.39, 0.29) is 0 Å². The molecular formula is C7H7N3S. The molecule has 0 aliphatic carbocycles. The van der Waals surface area contributed by atoms with Gasteiger partial charge in [-0.3, -0.25) is 0 Å². The van der Waals surface area contributed by atoms with Gasteiger partial charge in [0, 0.05) is 4.90 Å². The standard InChI is InChI=1S/C7H7N3S/c8-7-9-4-2-1-3-5(11)6(4)10-7/h1-3,11H,(H3,8,9,10). The smallest absolute Gasteiger partial charge is 0.198 e. The predicted molar refractivity (Wildman–Crippen MR) is 47.8 cm³/mol. The predicted octanol–water partition coefficient (Wildman–Crippen LogP) is 1.43. The average Bonchev–Trinajstić information content (AvgIpc) is 2.31. The molecule has 1 aromatic heterocycles. The highest BCUT2D eigenvalue weighted by Gasteiger charge is 2.00. The van der Waals surface area contributed by atoms with Crippen LogP contribution < -0.4 is 5.73 Å². The van der Waals surface area contributed by atoms with Crippen LogP contribution in [0.4, 0.5) is 5.95 Å². The van der Waals surface area contributed by atoms with Crippen molar-refractivity contribution in [3.05, 3.63) is 18.2 Å². The lowest BCUT2D eigenvalue weighted by Gasteiger charge is -1.89. The van der Waals surface area contributed by atoms with Gasteiger partial charge in [0.1, 0.15) is 5.52 Å². The minimum Gasteiger partial charge on any atom is -0.369 e. The number of nitrogen functional groups attached to an aromatic ring is 1. The van der Waals surface area contributed by atoms with Crippen molar-refractivity contribution in [2.24, 2.45) is 0 Å². The highest BCUT2D eigenvalue weighted by Crippen LogP contribution is 2.19. The third kappa shape index (κ3) is 0.952. The van der Waals surface area contributed by atoms with Crippen LogP contribution in [-0.2, 0) is 0 Å². The van der Waals surface area contributed by atoms with Gasteiger partial charge in [-0.1, -0.05) is 6.07 Å². The van der Waals surface area contributed by atoms with E-state index in [0.29, 0.717) is 5.95 Å². The van der Waals surface area contributed by atoms with Crippen molar-refractivity contribution in [2.75, 3.05) is 5.73 Å². The van der Waals surface area contributed by atoms with Crippen molar-refractivity contribution in [2.45, 2.75) is 4.90 Å². The molecule has 0 saturated heterocycles. The number of aromatic amines is 1. The minimum absolute atomic E-state index is 0.432. The van der Waals surface area contributed by atoms with E-state index < -0.39 is 0 Å². The molecule has 4 heteroatoms. The number of para-hydroxylation sites is 1. The molecule has 0 spiro atoms. The van der Waals surface area contributed by atoms with Gasteiger partial charge in [0.25, 0.3) is 0 Å². The van der Waals surface area contributed by atoms with Gasteiger partial charge in [0.05, 0.1) is 5.52 Å². The lowest BCUT2D eigenvalue weighted by molar-refractivity contribution is 1.34. The maximum Gasteiger partial charge on any atom is 0.198 e. The molecule has 2 aromatic rings. The first-order valence-electron chi connectivity index (χ1n) is 3.20. The SMILES string of the molecule is Nc1nc2c(S)cccc2[nH]1. The van der Waals surface area contributed by atoms with Crippen LogP contribution >= 0.6 is 12.6 Å². The Hall–Kier alpha value is -1.16. The lowest BCUT2D eigenvalue weighted by atomic mass is 10.3. The molecule has 0 atom stereocenters. The summed E-state index contributed by atoms with van der Waals surface area (Å²) in [4.78, 5) is 7.82. The zero-order valence-electron chi connectivity index (χ0n) is 5.70. The first-order chi connectivity index (χ1) is 5.27. The number of nitrogens with zero attached hydrogens (tertiary/aromatic N) is 1.